The Kier molecular flexibility index (Phi) is 14.1. The second-order valence-electron chi connectivity index (χ2n) is 14.5. The molecule has 0 aliphatic carbocycles. The van der Waals surface area contributed by atoms with E-state index in [0.29, 0.717) is 25.2 Å². The number of aryl methyl sites for hydroxylation is 1. The van der Waals surface area contributed by atoms with Crippen molar-refractivity contribution in [3.63, 3.8) is 0 Å². The predicted molar refractivity (Wildman–Crippen MR) is 221 cm³/mol. The van der Waals surface area contributed by atoms with Crippen molar-refractivity contribution >= 4 is 5.97 Å². The quantitative estimate of drug-likeness (QED) is 0.0934. The van der Waals surface area contributed by atoms with Crippen molar-refractivity contribution in [1.82, 2.24) is 0 Å². The van der Waals surface area contributed by atoms with E-state index >= 15 is 0 Å². The van der Waals surface area contributed by atoms with E-state index in [1.807, 2.05) is 133 Å². The van der Waals surface area contributed by atoms with Crippen molar-refractivity contribution in [3.05, 3.63) is 214 Å². The van der Waals surface area contributed by atoms with Gasteiger partial charge in [-0.3, -0.25) is 0 Å². The van der Waals surface area contributed by atoms with Gasteiger partial charge in [0.25, 0.3) is 0 Å². The van der Waals surface area contributed by atoms with Crippen molar-refractivity contribution in [2.24, 2.45) is 0 Å². The van der Waals surface area contributed by atoms with Crippen molar-refractivity contribution in [2.75, 3.05) is 6.61 Å². The monoisotopic (exact) mass is 762 g/mol. The number of carboxylic acid groups (broad SMARTS) is 1. The molecule has 1 aliphatic rings. The molecule has 0 radical (unpaired) electrons. The fourth-order valence-electron chi connectivity index (χ4n) is 7.32. The van der Waals surface area contributed by atoms with Crippen molar-refractivity contribution in [3.8, 4) is 0 Å². The van der Waals surface area contributed by atoms with Crippen LogP contribution in [0.15, 0.2) is 164 Å². The van der Waals surface area contributed by atoms with E-state index in [1.54, 1.807) is 6.07 Å². The summed E-state index contributed by atoms with van der Waals surface area (Å²) in [4.78, 5) is 13.0. The highest BCUT2D eigenvalue weighted by molar-refractivity contribution is 5.89. The smallest absolute Gasteiger partial charge is 0.336 e. The van der Waals surface area contributed by atoms with Gasteiger partial charge in [0.2, 0.25) is 0 Å². The molecule has 1 fully saturated rings. The highest BCUT2D eigenvalue weighted by atomic mass is 16.6. The average Bonchev–Trinajstić information content (AvgIpc) is 3.26. The summed E-state index contributed by atoms with van der Waals surface area (Å²) in [6, 6.07) is 54.0. The SMILES string of the molecule is CCc1ccc(Cc2ccc(C(=O)O)c([C@@H]3O[C@H](COCc4ccccc4)[C@@H](OCc4ccccc4)[C@H](OCc4ccccc4)[C@H]3OCc3ccccc3)c2)cc1. The van der Waals surface area contributed by atoms with Gasteiger partial charge in [-0.25, -0.2) is 4.79 Å². The lowest BCUT2D eigenvalue weighted by Crippen LogP contribution is -2.58. The van der Waals surface area contributed by atoms with Crippen LogP contribution in [-0.4, -0.2) is 42.1 Å². The van der Waals surface area contributed by atoms with Gasteiger partial charge in [0.15, 0.2) is 0 Å². The Balaban J connectivity index is 1.30. The minimum Gasteiger partial charge on any atom is -0.478 e. The molecule has 7 rings (SSSR count). The first kappa shape index (κ1) is 39.8. The van der Waals surface area contributed by atoms with Crippen LogP contribution in [0.1, 0.15) is 67.9 Å². The molecule has 0 spiro atoms. The summed E-state index contributed by atoms with van der Waals surface area (Å²) in [6.45, 7) is 3.52. The second-order valence-corrected chi connectivity index (χ2v) is 14.5. The summed E-state index contributed by atoms with van der Waals surface area (Å²) in [5, 5.41) is 10.7. The van der Waals surface area contributed by atoms with Crippen LogP contribution in [0.25, 0.3) is 0 Å². The highest BCUT2D eigenvalue weighted by Gasteiger charge is 2.49. The number of benzene rings is 6. The molecule has 1 aliphatic heterocycles. The number of ether oxygens (including phenoxy) is 5. The molecule has 1 heterocycles. The fourth-order valence-corrected chi connectivity index (χ4v) is 7.32. The molecule has 0 amide bonds. The summed E-state index contributed by atoms with van der Waals surface area (Å²) in [7, 11) is 0. The summed E-state index contributed by atoms with van der Waals surface area (Å²) < 4.78 is 34.1. The van der Waals surface area contributed by atoms with Gasteiger partial charge in [-0.15, -0.1) is 0 Å². The number of rotatable bonds is 18. The van der Waals surface area contributed by atoms with Gasteiger partial charge >= 0.3 is 5.97 Å². The van der Waals surface area contributed by atoms with Crippen LogP contribution in [0, 0.1) is 0 Å². The first-order chi connectivity index (χ1) is 28.0. The van der Waals surface area contributed by atoms with Crippen LogP contribution in [0.4, 0.5) is 0 Å². The molecule has 0 bridgehead atoms. The first-order valence-electron chi connectivity index (χ1n) is 19.7. The predicted octanol–water partition coefficient (Wildman–Crippen LogP) is 9.95. The zero-order valence-corrected chi connectivity index (χ0v) is 32.3. The lowest BCUT2D eigenvalue weighted by molar-refractivity contribution is -0.275. The maximum Gasteiger partial charge on any atom is 0.336 e. The maximum absolute atomic E-state index is 13.0. The van der Waals surface area contributed by atoms with E-state index in [-0.39, 0.29) is 25.4 Å². The molecular weight excluding hydrogens is 713 g/mol. The van der Waals surface area contributed by atoms with Crippen molar-refractivity contribution < 1.29 is 33.6 Å². The molecule has 57 heavy (non-hydrogen) atoms. The van der Waals surface area contributed by atoms with Crippen LogP contribution in [0.3, 0.4) is 0 Å². The molecule has 1 saturated heterocycles. The molecule has 6 aromatic carbocycles. The molecule has 0 unspecified atom stereocenters. The van der Waals surface area contributed by atoms with E-state index in [2.05, 4.69) is 31.2 Å². The molecule has 6 aromatic rings. The minimum atomic E-state index is -1.05. The largest absolute Gasteiger partial charge is 0.478 e. The standard InChI is InChI=1S/C50H50O7/c1-2-36-23-25-37(26-24-36)29-42-27-28-43(50(51)52)44(30-42)46-48(55-33-40-19-11-5-12-20-40)49(56-34-41-21-13-6-14-22-41)47(54-32-39-17-9-4-10-18-39)45(57-46)35-53-31-38-15-7-3-8-16-38/h3-28,30,45-49H,2,29,31-35H2,1H3,(H,51,52)/t45-,46+,47-,48+,49+/m1/s1. The molecular formula is C50H50O7. The Bertz CT molecular complexity index is 2110. The van der Waals surface area contributed by atoms with Crippen LogP contribution in [0.2, 0.25) is 0 Å². The highest BCUT2D eigenvalue weighted by Crippen LogP contribution is 2.40. The lowest BCUT2D eigenvalue weighted by Gasteiger charge is -2.46. The van der Waals surface area contributed by atoms with Gasteiger partial charge < -0.3 is 28.8 Å². The summed E-state index contributed by atoms with van der Waals surface area (Å²) in [5.41, 5.74) is 8.01. The van der Waals surface area contributed by atoms with Crippen molar-refractivity contribution in [2.45, 2.75) is 76.7 Å². The van der Waals surface area contributed by atoms with Gasteiger partial charge in [-0.2, -0.15) is 0 Å². The number of aromatic carboxylic acids is 1. The summed E-state index contributed by atoms with van der Waals surface area (Å²) in [5.74, 6) is -1.05. The molecule has 292 valence electrons. The van der Waals surface area contributed by atoms with Gasteiger partial charge in [-0.05, 0) is 63.4 Å². The van der Waals surface area contributed by atoms with Crippen LogP contribution in [-0.2, 0) is 63.0 Å². The third kappa shape index (κ3) is 10.9. The lowest BCUT2D eigenvalue weighted by atomic mass is 9.87. The van der Waals surface area contributed by atoms with Crippen molar-refractivity contribution in [1.29, 1.82) is 0 Å². The average molecular weight is 763 g/mol. The topological polar surface area (TPSA) is 83.5 Å². The van der Waals surface area contributed by atoms with Gasteiger partial charge in [0.05, 0.1) is 38.6 Å². The second kappa shape index (κ2) is 20.1. The molecule has 0 saturated carbocycles. The number of carbonyl (C=O) groups is 1. The Morgan fingerprint density at radius 2 is 0.982 bits per heavy atom. The van der Waals surface area contributed by atoms with Gasteiger partial charge in [0.1, 0.15) is 30.5 Å². The molecule has 0 aromatic heterocycles. The van der Waals surface area contributed by atoms with Gasteiger partial charge in [0, 0.05) is 0 Å². The third-order valence-corrected chi connectivity index (χ3v) is 10.4. The van der Waals surface area contributed by atoms with E-state index in [1.165, 1.54) is 5.56 Å². The van der Waals surface area contributed by atoms with E-state index in [4.69, 9.17) is 23.7 Å². The third-order valence-electron chi connectivity index (χ3n) is 10.4. The zero-order chi connectivity index (χ0) is 39.2. The molecule has 5 atom stereocenters. The van der Waals surface area contributed by atoms with E-state index in [0.717, 1.165) is 39.8 Å². The fraction of sp³-hybridized carbons (Fsp3) is 0.260. The Morgan fingerprint density at radius 3 is 1.49 bits per heavy atom. The molecule has 7 nitrogen and oxygen atoms in total. The zero-order valence-electron chi connectivity index (χ0n) is 32.3. The molecule has 1 N–H and O–H groups in total. The number of hydrogen-bond donors (Lipinski definition) is 1. The van der Waals surface area contributed by atoms with Gasteiger partial charge in [-0.1, -0.05) is 165 Å². The Morgan fingerprint density at radius 1 is 0.526 bits per heavy atom. The summed E-state index contributed by atoms with van der Waals surface area (Å²) in [6.07, 6.45) is -2.00. The maximum atomic E-state index is 13.0. The Labute approximate surface area is 335 Å². The molecule has 7 heteroatoms. The minimum absolute atomic E-state index is 0.146. The normalized spacial score (nSPS) is 19.3. The summed E-state index contributed by atoms with van der Waals surface area (Å²) >= 11 is 0. The van der Waals surface area contributed by atoms with Crippen LogP contribution < -0.4 is 0 Å². The van der Waals surface area contributed by atoms with Crippen LogP contribution >= 0.6 is 0 Å². The first-order valence-corrected chi connectivity index (χ1v) is 19.7. The number of hydrogen-bond acceptors (Lipinski definition) is 6. The Hall–Kier alpha value is -5.41. The van der Waals surface area contributed by atoms with E-state index < -0.39 is 36.5 Å². The number of carboxylic acids is 1. The van der Waals surface area contributed by atoms with Crippen LogP contribution in [0.5, 0.6) is 0 Å². The van der Waals surface area contributed by atoms with E-state index in [9.17, 15) is 9.90 Å².